The van der Waals surface area contributed by atoms with Crippen LogP contribution >= 0.6 is 0 Å². The summed E-state index contributed by atoms with van der Waals surface area (Å²) in [6.45, 7) is 5.42. The van der Waals surface area contributed by atoms with Gasteiger partial charge >= 0.3 is 0 Å². The fraction of sp³-hybridized carbons (Fsp3) is 0.448. The van der Waals surface area contributed by atoms with E-state index < -0.39 is 6.04 Å². The Morgan fingerprint density at radius 2 is 1.79 bits per heavy atom. The summed E-state index contributed by atoms with van der Waals surface area (Å²) >= 11 is 0. The molecule has 1 saturated heterocycles. The van der Waals surface area contributed by atoms with E-state index in [1.165, 1.54) is 18.6 Å². The van der Waals surface area contributed by atoms with E-state index in [-0.39, 0.29) is 17.4 Å². The first-order valence-corrected chi connectivity index (χ1v) is 13.9. The number of aromatic amines is 1. The Bertz CT molecular complexity index is 1470. The summed E-state index contributed by atoms with van der Waals surface area (Å²) < 4.78 is 21.2. The summed E-state index contributed by atoms with van der Waals surface area (Å²) in [4.78, 5) is 21.2. The summed E-state index contributed by atoms with van der Waals surface area (Å²) in [5.74, 6) is 1.23. The topological polar surface area (TPSA) is 92.2 Å². The molecule has 204 valence electrons. The molecule has 1 saturated carbocycles. The van der Waals surface area contributed by atoms with Gasteiger partial charge in [0.05, 0.1) is 12.6 Å². The maximum atomic E-state index is 13.6. The Kier molecular flexibility index (Phi) is 7.28. The van der Waals surface area contributed by atoms with Crippen LogP contribution in [0.1, 0.15) is 62.5 Å². The zero-order valence-corrected chi connectivity index (χ0v) is 22.2. The van der Waals surface area contributed by atoms with E-state index >= 15 is 0 Å². The van der Waals surface area contributed by atoms with Gasteiger partial charge in [0.1, 0.15) is 17.6 Å². The molecule has 6 rings (SSSR count). The maximum Gasteiger partial charge on any atom is 0.253 e. The highest BCUT2D eigenvalue weighted by atomic mass is 19.1. The van der Waals surface area contributed by atoms with Crippen molar-refractivity contribution in [2.45, 2.75) is 51.1 Å². The fourth-order valence-corrected chi connectivity index (χ4v) is 6.02. The van der Waals surface area contributed by atoms with Crippen LogP contribution < -0.4 is 15.2 Å². The number of nitrogens with zero attached hydrogens (tertiary/aromatic N) is 6. The molecule has 1 N–H and O–H groups in total. The van der Waals surface area contributed by atoms with Gasteiger partial charge in [0.2, 0.25) is 0 Å². The molecule has 0 spiro atoms. The quantitative estimate of drug-likeness (QED) is 0.376. The summed E-state index contributed by atoms with van der Waals surface area (Å²) in [6.07, 6.45) is 5.61. The number of piperazine rings is 1. The van der Waals surface area contributed by atoms with E-state index in [4.69, 9.17) is 4.74 Å². The number of pyridine rings is 1. The first-order chi connectivity index (χ1) is 19.1. The Hall–Kier alpha value is -3.79. The molecule has 2 fully saturated rings. The van der Waals surface area contributed by atoms with Crippen molar-refractivity contribution >= 4 is 16.6 Å². The van der Waals surface area contributed by atoms with Crippen molar-refractivity contribution in [2.24, 2.45) is 0 Å². The summed E-state index contributed by atoms with van der Waals surface area (Å²) in [5, 5.41) is 14.0. The normalized spacial score (nSPS) is 17.9. The minimum Gasteiger partial charge on any atom is -0.494 e. The van der Waals surface area contributed by atoms with E-state index in [0.717, 1.165) is 61.1 Å². The van der Waals surface area contributed by atoms with Crippen molar-refractivity contribution in [1.29, 1.82) is 0 Å². The zero-order valence-electron chi connectivity index (χ0n) is 22.2. The highest BCUT2D eigenvalue weighted by Crippen LogP contribution is 2.34. The van der Waals surface area contributed by atoms with E-state index in [9.17, 15) is 9.18 Å². The van der Waals surface area contributed by atoms with Gasteiger partial charge in [-0.2, -0.15) is 0 Å². The van der Waals surface area contributed by atoms with Gasteiger partial charge in [-0.3, -0.25) is 9.69 Å². The van der Waals surface area contributed by atoms with Gasteiger partial charge in [0.15, 0.2) is 5.82 Å². The predicted octanol–water partition coefficient (Wildman–Crippen LogP) is 4.47. The molecule has 1 atom stereocenters. The van der Waals surface area contributed by atoms with Gasteiger partial charge in [-0.05, 0) is 78.7 Å². The number of hydrogen-bond donors (Lipinski definition) is 1. The number of rotatable bonds is 7. The predicted molar refractivity (Wildman–Crippen MR) is 148 cm³/mol. The minimum absolute atomic E-state index is 0.143. The number of tetrazole rings is 1. The molecule has 4 aromatic rings. The van der Waals surface area contributed by atoms with Crippen molar-refractivity contribution < 1.29 is 9.13 Å². The molecule has 2 aromatic carbocycles. The van der Waals surface area contributed by atoms with E-state index in [1.807, 2.05) is 48.0 Å². The van der Waals surface area contributed by atoms with E-state index in [0.29, 0.717) is 31.1 Å². The molecule has 1 aliphatic carbocycles. The van der Waals surface area contributed by atoms with Crippen molar-refractivity contribution in [3.63, 3.8) is 0 Å². The Labute approximate surface area is 226 Å². The molecule has 2 aromatic heterocycles. The van der Waals surface area contributed by atoms with Crippen LogP contribution in [0.4, 0.5) is 10.1 Å². The number of ether oxygens (including phenoxy) is 1. The third-order valence-corrected chi connectivity index (χ3v) is 8.00. The van der Waals surface area contributed by atoms with Gasteiger partial charge in [-0.1, -0.05) is 19.3 Å². The molecule has 1 aliphatic heterocycles. The second-order valence-electron chi connectivity index (χ2n) is 10.4. The fourth-order valence-electron chi connectivity index (χ4n) is 6.02. The first-order valence-electron chi connectivity index (χ1n) is 13.9. The maximum absolute atomic E-state index is 13.6. The molecule has 9 nitrogen and oxygen atoms in total. The Morgan fingerprint density at radius 1 is 1.03 bits per heavy atom. The molecule has 2 aliphatic rings. The second kappa shape index (κ2) is 11.1. The zero-order chi connectivity index (χ0) is 26.8. The second-order valence-corrected chi connectivity index (χ2v) is 10.4. The van der Waals surface area contributed by atoms with Gasteiger partial charge in [0, 0.05) is 48.3 Å². The SMILES string of the molecule is CCOc1ccc2[nH]c(=O)c([C@H](c3nnnn3C3CCCCC3)N3CCN(c4ccc(F)cc4)CC3)cc2c1. The van der Waals surface area contributed by atoms with Crippen LogP contribution in [-0.2, 0) is 0 Å². The lowest BCUT2D eigenvalue weighted by atomic mass is 9.95. The Morgan fingerprint density at radius 3 is 2.54 bits per heavy atom. The molecule has 3 heterocycles. The standard InChI is InChI=1S/C29H34FN7O2/c1-2-39-24-12-13-26-20(18-24)19-25(29(38)31-26)27(28-32-33-34-37(28)23-6-4-3-5-7-23)36-16-14-35(15-17-36)22-10-8-21(30)9-11-22/h8-13,18-19,23,27H,2-7,14-17H2,1H3,(H,31,38)/t27-/m1/s1. The number of anilines is 1. The van der Waals surface area contributed by atoms with Crippen LogP contribution in [-0.4, -0.2) is 62.9 Å². The molecule has 0 amide bonds. The molecule has 0 bridgehead atoms. The molecule has 10 heteroatoms. The van der Waals surface area contributed by atoms with Gasteiger partial charge in [-0.15, -0.1) is 5.10 Å². The van der Waals surface area contributed by atoms with Crippen molar-refractivity contribution in [3.8, 4) is 5.75 Å². The van der Waals surface area contributed by atoms with Crippen LogP contribution in [0.3, 0.4) is 0 Å². The lowest BCUT2D eigenvalue weighted by molar-refractivity contribution is 0.192. The average molecular weight is 532 g/mol. The highest BCUT2D eigenvalue weighted by molar-refractivity contribution is 5.80. The third-order valence-electron chi connectivity index (χ3n) is 8.00. The van der Waals surface area contributed by atoms with Gasteiger partial charge < -0.3 is 14.6 Å². The number of hydrogen-bond acceptors (Lipinski definition) is 7. The monoisotopic (exact) mass is 531 g/mol. The number of nitrogens with one attached hydrogen (secondary N) is 1. The van der Waals surface area contributed by atoms with Crippen LogP contribution in [0.2, 0.25) is 0 Å². The molecule has 0 unspecified atom stereocenters. The lowest BCUT2D eigenvalue weighted by Crippen LogP contribution is -2.49. The van der Waals surface area contributed by atoms with Crippen molar-refractivity contribution in [2.75, 3.05) is 37.7 Å². The minimum atomic E-state index is -0.402. The van der Waals surface area contributed by atoms with Crippen LogP contribution in [0, 0.1) is 5.82 Å². The van der Waals surface area contributed by atoms with Crippen LogP contribution in [0.15, 0.2) is 53.3 Å². The van der Waals surface area contributed by atoms with Crippen molar-refractivity contribution in [1.82, 2.24) is 30.1 Å². The van der Waals surface area contributed by atoms with Crippen LogP contribution in [0.25, 0.3) is 10.9 Å². The molecular formula is C29H34FN7O2. The number of aromatic nitrogens is 5. The van der Waals surface area contributed by atoms with E-state index in [1.54, 1.807) is 0 Å². The number of fused-ring (bicyclic) bond motifs is 1. The lowest BCUT2D eigenvalue weighted by Gasteiger charge is -2.40. The number of H-pyrrole nitrogens is 1. The summed E-state index contributed by atoms with van der Waals surface area (Å²) in [5.41, 5.74) is 2.24. The smallest absolute Gasteiger partial charge is 0.253 e. The number of halogens is 1. The van der Waals surface area contributed by atoms with Gasteiger partial charge in [-0.25, -0.2) is 9.07 Å². The first kappa shape index (κ1) is 25.5. The third kappa shape index (κ3) is 5.25. The molecular weight excluding hydrogens is 497 g/mol. The summed E-state index contributed by atoms with van der Waals surface area (Å²) in [6, 6.07) is 14.1. The highest BCUT2D eigenvalue weighted by Gasteiger charge is 2.34. The van der Waals surface area contributed by atoms with Gasteiger partial charge in [0.25, 0.3) is 5.56 Å². The van der Waals surface area contributed by atoms with Crippen LogP contribution in [0.5, 0.6) is 5.75 Å². The largest absolute Gasteiger partial charge is 0.494 e. The molecule has 39 heavy (non-hydrogen) atoms. The summed E-state index contributed by atoms with van der Waals surface area (Å²) in [7, 11) is 0. The average Bonchev–Trinajstić information content (AvgIpc) is 3.45. The molecule has 0 radical (unpaired) electrons. The Balaban J connectivity index is 1.38. The number of benzene rings is 2. The van der Waals surface area contributed by atoms with Crippen molar-refractivity contribution in [3.05, 3.63) is 76.1 Å². The van der Waals surface area contributed by atoms with E-state index in [2.05, 4.69) is 30.3 Å².